The molecule has 7 nitrogen and oxygen atoms in total. The van der Waals surface area contributed by atoms with Crippen LogP contribution in [-0.2, 0) is 11.2 Å². The Kier molecular flexibility index (Phi) is 5.48. The second-order valence-electron chi connectivity index (χ2n) is 7.88. The third kappa shape index (κ3) is 3.80. The van der Waals surface area contributed by atoms with E-state index >= 15 is 0 Å². The number of aromatic amines is 1. The Morgan fingerprint density at radius 2 is 2.25 bits per heavy atom. The van der Waals surface area contributed by atoms with Gasteiger partial charge in [-0.25, -0.2) is 4.39 Å². The predicted octanol–water partition coefficient (Wildman–Crippen LogP) is 4.37. The summed E-state index contributed by atoms with van der Waals surface area (Å²) >= 11 is 6.20. The number of nitrogens with zero attached hydrogens (tertiary/aromatic N) is 1. The summed E-state index contributed by atoms with van der Waals surface area (Å²) in [6.45, 7) is 3.49. The fraction of sp³-hybridized carbons (Fsp3) is 0.304. The molecule has 166 valence electrons. The molecule has 1 amide bonds. The highest BCUT2D eigenvalue weighted by Gasteiger charge is 2.29. The number of carbonyl (C=O) groups excluding carboxylic acids is 1. The number of ether oxygens (including phenoxy) is 2. The Morgan fingerprint density at radius 1 is 1.41 bits per heavy atom. The molecule has 1 aromatic carbocycles. The van der Waals surface area contributed by atoms with Crippen molar-refractivity contribution in [1.82, 2.24) is 15.3 Å². The lowest BCUT2D eigenvalue weighted by molar-refractivity contribution is -0.0720. The van der Waals surface area contributed by atoms with Gasteiger partial charge in [-0.1, -0.05) is 11.6 Å². The van der Waals surface area contributed by atoms with Gasteiger partial charge in [0, 0.05) is 54.2 Å². The molecule has 5 rings (SSSR count). The van der Waals surface area contributed by atoms with Crippen LogP contribution in [0.1, 0.15) is 28.0 Å². The van der Waals surface area contributed by atoms with Gasteiger partial charge in [0.15, 0.2) is 0 Å². The Bertz CT molecular complexity index is 1190. The minimum Gasteiger partial charge on any atom is -0.489 e. The van der Waals surface area contributed by atoms with Crippen molar-refractivity contribution in [3.05, 3.63) is 58.3 Å². The summed E-state index contributed by atoms with van der Waals surface area (Å²) in [6, 6.07) is 4.45. The van der Waals surface area contributed by atoms with E-state index in [9.17, 15) is 9.18 Å². The van der Waals surface area contributed by atoms with Crippen molar-refractivity contribution in [3.63, 3.8) is 0 Å². The van der Waals surface area contributed by atoms with Gasteiger partial charge in [0.25, 0.3) is 5.91 Å². The number of H-pyrrole nitrogens is 1. The number of pyridine rings is 1. The summed E-state index contributed by atoms with van der Waals surface area (Å²) in [4.78, 5) is 20.4. The third-order valence-corrected chi connectivity index (χ3v) is 6.20. The minimum absolute atomic E-state index is 0.0698. The minimum atomic E-state index is -0.466. The van der Waals surface area contributed by atoms with Crippen LogP contribution in [0.15, 0.2) is 30.6 Å². The molecule has 2 aromatic heterocycles. The second-order valence-corrected chi connectivity index (χ2v) is 8.29. The van der Waals surface area contributed by atoms with Crippen LogP contribution in [0.3, 0.4) is 0 Å². The van der Waals surface area contributed by atoms with Gasteiger partial charge in [-0.2, -0.15) is 0 Å². The van der Waals surface area contributed by atoms with E-state index in [2.05, 4.69) is 20.6 Å². The SMILES string of the molecule is Cc1c(Cl)cc(F)cc1Nc1c(-c2ccncc2OC[C@@H]2CCO2)[nH]c2c1C(=O)NCC2. The number of hydrogen-bond donors (Lipinski definition) is 3. The van der Waals surface area contributed by atoms with Gasteiger partial charge < -0.3 is 25.1 Å². The molecule has 1 atom stereocenters. The van der Waals surface area contributed by atoms with Crippen LogP contribution in [0.4, 0.5) is 15.8 Å². The number of amides is 1. The van der Waals surface area contributed by atoms with E-state index in [0.29, 0.717) is 58.5 Å². The van der Waals surface area contributed by atoms with Crippen molar-refractivity contribution in [2.75, 3.05) is 25.1 Å². The lowest BCUT2D eigenvalue weighted by Crippen LogP contribution is -2.32. The molecule has 4 heterocycles. The van der Waals surface area contributed by atoms with E-state index in [1.165, 1.54) is 12.1 Å². The van der Waals surface area contributed by atoms with Crippen LogP contribution >= 0.6 is 11.6 Å². The highest BCUT2D eigenvalue weighted by Crippen LogP contribution is 2.41. The Hall–Kier alpha value is -3.10. The monoisotopic (exact) mass is 456 g/mol. The van der Waals surface area contributed by atoms with E-state index < -0.39 is 5.82 Å². The van der Waals surface area contributed by atoms with Crippen molar-refractivity contribution >= 4 is 28.9 Å². The Morgan fingerprint density at radius 3 is 3.03 bits per heavy atom. The van der Waals surface area contributed by atoms with E-state index in [4.69, 9.17) is 21.1 Å². The number of rotatable bonds is 6. The van der Waals surface area contributed by atoms with Crippen LogP contribution in [0.2, 0.25) is 5.02 Å². The molecule has 9 heteroatoms. The number of hydrogen-bond acceptors (Lipinski definition) is 5. The molecular weight excluding hydrogens is 435 g/mol. The zero-order valence-corrected chi connectivity index (χ0v) is 18.2. The number of aromatic nitrogens is 2. The zero-order chi connectivity index (χ0) is 22.2. The first-order chi connectivity index (χ1) is 15.5. The zero-order valence-electron chi connectivity index (χ0n) is 17.4. The first-order valence-corrected chi connectivity index (χ1v) is 10.8. The van der Waals surface area contributed by atoms with Crippen LogP contribution in [-0.4, -0.2) is 41.7 Å². The number of fused-ring (bicyclic) bond motifs is 1. The smallest absolute Gasteiger partial charge is 0.255 e. The molecule has 0 saturated carbocycles. The molecular formula is C23H22ClFN4O3. The number of nitrogens with one attached hydrogen (secondary N) is 3. The average molecular weight is 457 g/mol. The fourth-order valence-electron chi connectivity index (χ4n) is 3.92. The fourth-order valence-corrected chi connectivity index (χ4v) is 4.12. The molecule has 3 aromatic rings. The van der Waals surface area contributed by atoms with Gasteiger partial charge in [-0.15, -0.1) is 0 Å². The summed E-state index contributed by atoms with van der Waals surface area (Å²) in [5.41, 5.74) is 4.41. The van der Waals surface area contributed by atoms with E-state index in [1.807, 2.05) is 6.07 Å². The van der Waals surface area contributed by atoms with Gasteiger partial charge in [0.2, 0.25) is 0 Å². The van der Waals surface area contributed by atoms with Crippen molar-refractivity contribution in [2.45, 2.75) is 25.9 Å². The molecule has 32 heavy (non-hydrogen) atoms. The highest BCUT2D eigenvalue weighted by molar-refractivity contribution is 6.31. The Labute approximate surface area is 189 Å². The van der Waals surface area contributed by atoms with Crippen molar-refractivity contribution in [2.24, 2.45) is 0 Å². The summed E-state index contributed by atoms with van der Waals surface area (Å²) in [6.07, 6.45) is 4.98. The lowest BCUT2D eigenvalue weighted by atomic mass is 10.0. The van der Waals surface area contributed by atoms with Crippen molar-refractivity contribution < 1.29 is 18.7 Å². The van der Waals surface area contributed by atoms with Crippen molar-refractivity contribution in [3.8, 4) is 17.0 Å². The van der Waals surface area contributed by atoms with Crippen LogP contribution in [0.25, 0.3) is 11.3 Å². The maximum absolute atomic E-state index is 14.1. The topological polar surface area (TPSA) is 88.3 Å². The molecule has 0 unspecified atom stereocenters. The molecule has 1 saturated heterocycles. The van der Waals surface area contributed by atoms with Crippen molar-refractivity contribution in [1.29, 1.82) is 0 Å². The average Bonchev–Trinajstić information content (AvgIpc) is 3.10. The van der Waals surface area contributed by atoms with Gasteiger partial charge in [0.05, 0.1) is 29.2 Å². The summed E-state index contributed by atoms with van der Waals surface area (Å²) < 4.78 is 25.6. The first-order valence-electron chi connectivity index (χ1n) is 10.5. The molecule has 0 aliphatic carbocycles. The largest absolute Gasteiger partial charge is 0.489 e. The lowest BCUT2D eigenvalue weighted by Gasteiger charge is -2.26. The number of carbonyl (C=O) groups is 1. The number of halogens is 2. The van der Waals surface area contributed by atoms with E-state index in [0.717, 1.165) is 24.3 Å². The van der Waals surface area contributed by atoms with Gasteiger partial charge in [-0.3, -0.25) is 9.78 Å². The predicted molar refractivity (Wildman–Crippen MR) is 119 cm³/mol. The molecule has 3 N–H and O–H groups in total. The summed E-state index contributed by atoms with van der Waals surface area (Å²) in [7, 11) is 0. The number of benzene rings is 1. The van der Waals surface area contributed by atoms with Gasteiger partial charge >= 0.3 is 0 Å². The second kappa shape index (κ2) is 8.44. The van der Waals surface area contributed by atoms with E-state index in [1.54, 1.807) is 19.3 Å². The van der Waals surface area contributed by atoms with Gasteiger partial charge in [0.1, 0.15) is 18.2 Å². The van der Waals surface area contributed by atoms with Gasteiger partial charge in [-0.05, 0) is 30.7 Å². The van der Waals surface area contributed by atoms with Crippen LogP contribution in [0.5, 0.6) is 5.75 Å². The molecule has 0 bridgehead atoms. The van der Waals surface area contributed by atoms with Crippen LogP contribution < -0.4 is 15.4 Å². The summed E-state index contributed by atoms with van der Waals surface area (Å²) in [5.74, 6) is -0.0956. The molecule has 0 radical (unpaired) electrons. The first kappa shape index (κ1) is 20.8. The molecule has 2 aliphatic rings. The molecule has 1 fully saturated rings. The van der Waals surface area contributed by atoms with Crippen LogP contribution in [0, 0.1) is 12.7 Å². The Balaban J connectivity index is 1.60. The standard InChI is InChI=1S/C23H22ClFN4O3/c1-12-16(24)8-13(25)9-18(12)29-22-20-17(3-6-27-23(20)30)28-21(22)15-2-5-26-10-19(15)32-11-14-4-7-31-14/h2,5,8-10,14,28-29H,3-4,6-7,11H2,1H3,(H,27,30)/t14-/m0/s1. The summed E-state index contributed by atoms with van der Waals surface area (Å²) in [5, 5.41) is 6.44. The quantitative estimate of drug-likeness (QED) is 0.512. The maximum atomic E-state index is 14.1. The molecule has 2 aliphatic heterocycles. The maximum Gasteiger partial charge on any atom is 0.255 e. The number of anilines is 2. The third-order valence-electron chi connectivity index (χ3n) is 5.81. The van der Waals surface area contributed by atoms with E-state index in [-0.39, 0.29) is 12.0 Å². The normalized spacial score (nSPS) is 17.3. The molecule has 0 spiro atoms. The highest BCUT2D eigenvalue weighted by atomic mass is 35.5.